The van der Waals surface area contributed by atoms with Gasteiger partial charge in [-0.25, -0.2) is 0 Å². The second-order valence-corrected chi connectivity index (χ2v) is 5.08. The number of amides is 1. The van der Waals surface area contributed by atoms with Crippen LogP contribution in [0.3, 0.4) is 0 Å². The van der Waals surface area contributed by atoms with Crippen molar-refractivity contribution in [1.29, 1.82) is 0 Å². The summed E-state index contributed by atoms with van der Waals surface area (Å²) < 4.78 is 5.14. The predicted molar refractivity (Wildman–Crippen MR) is 68.9 cm³/mol. The van der Waals surface area contributed by atoms with Gasteiger partial charge in [0.15, 0.2) is 0 Å². The highest BCUT2D eigenvalue weighted by Crippen LogP contribution is 2.43. The summed E-state index contributed by atoms with van der Waals surface area (Å²) in [4.78, 5) is 11.6. The molecule has 0 atom stereocenters. The monoisotopic (exact) mass is 242 g/mol. The van der Waals surface area contributed by atoms with E-state index in [2.05, 4.69) is 10.6 Å². The average molecular weight is 242 g/mol. The van der Waals surface area contributed by atoms with E-state index in [0.29, 0.717) is 11.8 Å². The van der Waals surface area contributed by atoms with Gasteiger partial charge in [-0.2, -0.15) is 0 Å². The summed E-state index contributed by atoms with van der Waals surface area (Å²) in [6.45, 7) is 2.53. The number of hydrogen-bond donors (Lipinski definition) is 2. The Hall–Kier alpha value is -0.610. The molecule has 1 aliphatic rings. The van der Waals surface area contributed by atoms with Gasteiger partial charge in [-0.3, -0.25) is 4.79 Å². The SMILES string of the molecule is CNCCCC(=O)NCC1(CCOC)CCC1. The van der Waals surface area contributed by atoms with Crippen LogP contribution >= 0.6 is 0 Å². The first-order valence-corrected chi connectivity index (χ1v) is 6.63. The maximum absolute atomic E-state index is 11.6. The Morgan fingerprint density at radius 3 is 2.71 bits per heavy atom. The number of carbonyl (C=O) groups is 1. The van der Waals surface area contributed by atoms with E-state index >= 15 is 0 Å². The Morgan fingerprint density at radius 2 is 2.18 bits per heavy atom. The van der Waals surface area contributed by atoms with Gasteiger partial charge in [0.25, 0.3) is 0 Å². The topological polar surface area (TPSA) is 50.4 Å². The van der Waals surface area contributed by atoms with Crippen molar-refractivity contribution in [3.63, 3.8) is 0 Å². The third-order valence-electron chi connectivity index (χ3n) is 3.74. The number of nitrogens with one attached hydrogen (secondary N) is 2. The molecule has 1 rings (SSSR count). The predicted octanol–water partition coefficient (Wildman–Crippen LogP) is 1.31. The van der Waals surface area contributed by atoms with Crippen LogP contribution in [0.4, 0.5) is 0 Å². The highest BCUT2D eigenvalue weighted by molar-refractivity contribution is 5.75. The lowest BCUT2D eigenvalue weighted by Crippen LogP contribution is -2.42. The summed E-state index contributed by atoms with van der Waals surface area (Å²) in [7, 11) is 3.65. The first-order chi connectivity index (χ1) is 8.22. The lowest BCUT2D eigenvalue weighted by molar-refractivity contribution is -0.122. The number of methoxy groups -OCH3 is 1. The molecule has 0 unspecified atom stereocenters. The van der Waals surface area contributed by atoms with Crippen LogP contribution in [0.25, 0.3) is 0 Å². The third-order valence-corrected chi connectivity index (χ3v) is 3.74. The van der Waals surface area contributed by atoms with E-state index in [1.54, 1.807) is 7.11 Å². The Balaban J connectivity index is 2.16. The van der Waals surface area contributed by atoms with Crippen LogP contribution in [0, 0.1) is 5.41 Å². The molecule has 0 aromatic rings. The maximum atomic E-state index is 11.6. The molecule has 0 spiro atoms. The molecule has 0 aromatic carbocycles. The van der Waals surface area contributed by atoms with E-state index in [1.165, 1.54) is 19.3 Å². The molecule has 4 heteroatoms. The molecule has 4 nitrogen and oxygen atoms in total. The lowest BCUT2D eigenvalue weighted by Gasteiger charge is -2.42. The molecule has 1 aliphatic carbocycles. The molecule has 0 bridgehead atoms. The fourth-order valence-electron chi connectivity index (χ4n) is 2.31. The standard InChI is InChI=1S/C13H26N2O2/c1-14-9-3-5-12(16)15-11-13(6-4-7-13)8-10-17-2/h14H,3-11H2,1-2H3,(H,15,16). The highest BCUT2D eigenvalue weighted by atomic mass is 16.5. The van der Waals surface area contributed by atoms with E-state index < -0.39 is 0 Å². The van der Waals surface area contributed by atoms with Crippen LogP contribution in [-0.4, -0.2) is 39.8 Å². The molecule has 0 heterocycles. The molecule has 1 fully saturated rings. The highest BCUT2D eigenvalue weighted by Gasteiger charge is 2.36. The van der Waals surface area contributed by atoms with Crippen molar-refractivity contribution >= 4 is 5.91 Å². The second kappa shape index (κ2) is 7.67. The van der Waals surface area contributed by atoms with Crippen LogP contribution in [0.15, 0.2) is 0 Å². The molecule has 2 N–H and O–H groups in total. The molecule has 100 valence electrons. The van der Waals surface area contributed by atoms with E-state index in [1.807, 2.05) is 7.05 Å². The number of carbonyl (C=O) groups excluding carboxylic acids is 1. The smallest absolute Gasteiger partial charge is 0.220 e. The minimum atomic E-state index is 0.184. The quantitative estimate of drug-likeness (QED) is 0.599. The van der Waals surface area contributed by atoms with Gasteiger partial charge in [0.2, 0.25) is 5.91 Å². The zero-order valence-corrected chi connectivity index (χ0v) is 11.2. The number of hydrogen-bond acceptors (Lipinski definition) is 3. The Bertz CT molecular complexity index is 227. The first-order valence-electron chi connectivity index (χ1n) is 6.63. The van der Waals surface area contributed by atoms with Crippen LogP contribution in [-0.2, 0) is 9.53 Å². The van der Waals surface area contributed by atoms with Gasteiger partial charge < -0.3 is 15.4 Å². The Morgan fingerprint density at radius 1 is 1.41 bits per heavy atom. The second-order valence-electron chi connectivity index (χ2n) is 5.08. The fourth-order valence-corrected chi connectivity index (χ4v) is 2.31. The number of rotatable bonds is 9. The Kier molecular flexibility index (Phi) is 6.52. The van der Waals surface area contributed by atoms with E-state index in [0.717, 1.165) is 32.5 Å². The van der Waals surface area contributed by atoms with Gasteiger partial charge in [0.05, 0.1) is 0 Å². The minimum absolute atomic E-state index is 0.184. The van der Waals surface area contributed by atoms with Crippen molar-refractivity contribution in [2.24, 2.45) is 5.41 Å². The van der Waals surface area contributed by atoms with Crippen molar-refractivity contribution in [2.45, 2.75) is 38.5 Å². The van der Waals surface area contributed by atoms with Crippen molar-refractivity contribution in [3.05, 3.63) is 0 Å². The molecule has 0 aliphatic heterocycles. The van der Waals surface area contributed by atoms with Gasteiger partial charge in [0, 0.05) is 26.7 Å². The molecule has 17 heavy (non-hydrogen) atoms. The van der Waals surface area contributed by atoms with E-state index in [-0.39, 0.29) is 5.91 Å². The van der Waals surface area contributed by atoms with Crippen LogP contribution in [0.5, 0.6) is 0 Å². The molecular weight excluding hydrogens is 216 g/mol. The minimum Gasteiger partial charge on any atom is -0.385 e. The Labute approximate surface area is 104 Å². The zero-order chi connectivity index (χ0) is 12.6. The summed E-state index contributed by atoms with van der Waals surface area (Å²) in [5.74, 6) is 0.184. The van der Waals surface area contributed by atoms with E-state index in [9.17, 15) is 4.79 Å². The largest absolute Gasteiger partial charge is 0.385 e. The fraction of sp³-hybridized carbons (Fsp3) is 0.923. The van der Waals surface area contributed by atoms with Gasteiger partial charge in [-0.1, -0.05) is 6.42 Å². The van der Waals surface area contributed by atoms with Gasteiger partial charge in [-0.05, 0) is 44.7 Å². The molecule has 0 saturated heterocycles. The molecular formula is C13H26N2O2. The van der Waals surface area contributed by atoms with Crippen LogP contribution < -0.4 is 10.6 Å². The lowest BCUT2D eigenvalue weighted by atomic mass is 9.67. The summed E-state index contributed by atoms with van der Waals surface area (Å²) in [6, 6.07) is 0. The molecule has 0 aromatic heterocycles. The van der Waals surface area contributed by atoms with E-state index in [4.69, 9.17) is 4.74 Å². The normalized spacial score (nSPS) is 17.5. The summed E-state index contributed by atoms with van der Waals surface area (Å²) in [6.07, 6.45) is 6.36. The molecule has 1 amide bonds. The first kappa shape index (κ1) is 14.5. The third kappa shape index (κ3) is 5.04. The van der Waals surface area contributed by atoms with Crippen molar-refractivity contribution in [3.8, 4) is 0 Å². The van der Waals surface area contributed by atoms with Crippen molar-refractivity contribution in [2.75, 3.05) is 33.9 Å². The van der Waals surface area contributed by atoms with Gasteiger partial charge in [0.1, 0.15) is 0 Å². The maximum Gasteiger partial charge on any atom is 0.220 e. The van der Waals surface area contributed by atoms with Crippen LogP contribution in [0.2, 0.25) is 0 Å². The van der Waals surface area contributed by atoms with Crippen molar-refractivity contribution < 1.29 is 9.53 Å². The van der Waals surface area contributed by atoms with Gasteiger partial charge in [-0.15, -0.1) is 0 Å². The molecule has 0 radical (unpaired) electrons. The van der Waals surface area contributed by atoms with Crippen LogP contribution in [0.1, 0.15) is 38.5 Å². The number of ether oxygens (including phenoxy) is 1. The zero-order valence-electron chi connectivity index (χ0n) is 11.2. The molecule has 1 saturated carbocycles. The summed E-state index contributed by atoms with van der Waals surface area (Å²) >= 11 is 0. The van der Waals surface area contributed by atoms with Crippen molar-refractivity contribution in [1.82, 2.24) is 10.6 Å². The average Bonchev–Trinajstić information content (AvgIpc) is 2.28. The summed E-state index contributed by atoms with van der Waals surface area (Å²) in [5, 5.41) is 6.12. The van der Waals surface area contributed by atoms with Gasteiger partial charge >= 0.3 is 0 Å². The summed E-state index contributed by atoms with van der Waals surface area (Å²) in [5.41, 5.74) is 0.328.